The van der Waals surface area contributed by atoms with Crippen molar-refractivity contribution in [2.45, 2.75) is 17.9 Å². The van der Waals surface area contributed by atoms with Crippen LogP contribution in [0.25, 0.3) is 0 Å². The van der Waals surface area contributed by atoms with Crippen LogP contribution in [0.5, 0.6) is 5.75 Å². The molecule has 0 spiro atoms. The Morgan fingerprint density at radius 3 is 2.15 bits per heavy atom. The standard InChI is InChI=1S/C25H29N3O4S/c1-4-32-22-14-12-21(13-15-22)27-33(30,31)23-16-10-20(11-17-23)25(29)26-18-24(28(2)3)19-8-6-5-7-9-19/h5-17,24,27H,4,18H2,1-3H3,(H,26,29)/t24-/m0/s1. The molecule has 0 fully saturated rings. The van der Waals surface area contributed by atoms with Crippen LogP contribution in [0, 0.1) is 0 Å². The number of nitrogens with zero attached hydrogens (tertiary/aromatic N) is 1. The van der Waals surface area contributed by atoms with Crippen molar-refractivity contribution in [1.29, 1.82) is 0 Å². The van der Waals surface area contributed by atoms with Crippen molar-refractivity contribution in [3.63, 3.8) is 0 Å². The van der Waals surface area contributed by atoms with Gasteiger partial charge in [0.05, 0.1) is 17.5 Å². The van der Waals surface area contributed by atoms with Crippen LogP contribution < -0.4 is 14.8 Å². The molecule has 1 atom stereocenters. The van der Waals surface area contributed by atoms with Gasteiger partial charge in [0.15, 0.2) is 0 Å². The molecule has 0 saturated heterocycles. The van der Waals surface area contributed by atoms with Crippen LogP contribution in [0.4, 0.5) is 5.69 Å². The molecule has 8 heteroatoms. The summed E-state index contributed by atoms with van der Waals surface area (Å²) in [5.74, 6) is 0.404. The number of nitrogens with one attached hydrogen (secondary N) is 2. The molecule has 0 radical (unpaired) electrons. The number of likely N-dealkylation sites (N-methyl/N-ethyl adjacent to an activating group) is 1. The number of sulfonamides is 1. The van der Waals surface area contributed by atoms with Gasteiger partial charge in [-0.1, -0.05) is 30.3 Å². The van der Waals surface area contributed by atoms with Crippen molar-refractivity contribution in [2.24, 2.45) is 0 Å². The van der Waals surface area contributed by atoms with Crippen LogP contribution in [0.2, 0.25) is 0 Å². The lowest BCUT2D eigenvalue weighted by Crippen LogP contribution is -2.34. The first-order valence-corrected chi connectivity index (χ1v) is 12.1. The average Bonchev–Trinajstić information content (AvgIpc) is 2.81. The highest BCUT2D eigenvalue weighted by Crippen LogP contribution is 2.20. The molecule has 2 N–H and O–H groups in total. The summed E-state index contributed by atoms with van der Waals surface area (Å²) in [6.07, 6.45) is 0. The van der Waals surface area contributed by atoms with Gasteiger partial charge in [-0.2, -0.15) is 0 Å². The number of ether oxygens (including phenoxy) is 1. The largest absolute Gasteiger partial charge is 0.494 e. The van der Waals surface area contributed by atoms with E-state index in [1.54, 1.807) is 24.3 Å². The number of carbonyl (C=O) groups excluding carboxylic acids is 1. The van der Waals surface area contributed by atoms with Gasteiger partial charge in [-0.3, -0.25) is 9.52 Å². The molecular weight excluding hydrogens is 438 g/mol. The van der Waals surface area contributed by atoms with Crippen LogP contribution in [0.1, 0.15) is 28.9 Å². The molecule has 0 unspecified atom stereocenters. The van der Waals surface area contributed by atoms with E-state index < -0.39 is 10.0 Å². The van der Waals surface area contributed by atoms with E-state index in [0.717, 1.165) is 5.56 Å². The quantitative estimate of drug-likeness (QED) is 0.472. The number of hydrogen-bond donors (Lipinski definition) is 2. The molecule has 3 aromatic carbocycles. The smallest absolute Gasteiger partial charge is 0.261 e. The van der Waals surface area contributed by atoms with Crippen molar-refractivity contribution in [3.8, 4) is 5.75 Å². The fourth-order valence-corrected chi connectivity index (χ4v) is 4.41. The highest BCUT2D eigenvalue weighted by Gasteiger charge is 2.18. The Kier molecular flexibility index (Phi) is 8.08. The molecule has 0 aromatic heterocycles. The Bertz CT molecular complexity index is 1150. The molecule has 3 rings (SSSR count). The van der Waals surface area contributed by atoms with Gasteiger partial charge in [-0.15, -0.1) is 0 Å². The Balaban J connectivity index is 1.64. The third kappa shape index (κ3) is 6.57. The second kappa shape index (κ2) is 11.0. The number of carbonyl (C=O) groups is 1. The zero-order chi connectivity index (χ0) is 23.8. The highest BCUT2D eigenvalue weighted by atomic mass is 32.2. The summed E-state index contributed by atoms with van der Waals surface area (Å²) in [5, 5.41) is 2.93. The molecule has 0 bridgehead atoms. The lowest BCUT2D eigenvalue weighted by atomic mass is 10.1. The summed E-state index contributed by atoms with van der Waals surface area (Å²) in [4.78, 5) is 14.7. The van der Waals surface area contributed by atoms with Crippen LogP contribution in [-0.4, -0.2) is 46.5 Å². The number of benzene rings is 3. The maximum Gasteiger partial charge on any atom is 0.261 e. The summed E-state index contributed by atoms with van der Waals surface area (Å²) in [7, 11) is 0.135. The summed E-state index contributed by atoms with van der Waals surface area (Å²) in [5.41, 5.74) is 1.92. The lowest BCUT2D eigenvalue weighted by molar-refractivity contribution is 0.0942. The zero-order valence-electron chi connectivity index (χ0n) is 19.0. The molecular formula is C25H29N3O4S. The van der Waals surface area contributed by atoms with Crippen LogP contribution in [0.3, 0.4) is 0 Å². The minimum atomic E-state index is -3.78. The van der Waals surface area contributed by atoms with E-state index in [2.05, 4.69) is 10.0 Å². The predicted octanol–water partition coefficient (Wildman–Crippen LogP) is 3.92. The Labute approximate surface area is 195 Å². The van der Waals surface area contributed by atoms with Gasteiger partial charge in [-0.25, -0.2) is 8.42 Å². The van der Waals surface area contributed by atoms with E-state index in [0.29, 0.717) is 30.2 Å². The first-order valence-electron chi connectivity index (χ1n) is 10.7. The Morgan fingerprint density at radius 2 is 1.58 bits per heavy atom. The van der Waals surface area contributed by atoms with Crippen molar-refractivity contribution in [3.05, 3.63) is 90.0 Å². The molecule has 0 aliphatic rings. The molecule has 33 heavy (non-hydrogen) atoms. The monoisotopic (exact) mass is 467 g/mol. The summed E-state index contributed by atoms with van der Waals surface area (Å²) < 4.78 is 33.3. The van der Waals surface area contributed by atoms with Gasteiger partial charge < -0.3 is 15.0 Å². The van der Waals surface area contributed by atoms with Gasteiger partial charge in [0.25, 0.3) is 15.9 Å². The van der Waals surface area contributed by atoms with Gasteiger partial charge in [-0.05, 0) is 75.1 Å². The summed E-state index contributed by atoms with van der Waals surface area (Å²) >= 11 is 0. The summed E-state index contributed by atoms with van der Waals surface area (Å²) in [6.45, 7) is 2.84. The highest BCUT2D eigenvalue weighted by molar-refractivity contribution is 7.92. The number of rotatable bonds is 10. The second-order valence-electron chi connectivity index (χ2n) is 7.69. The first kappa shape index (κ1) is 24.3. The van der Waals surface area contributed by atoms with Crippen LogP contribution >= 0.6 is 0 Å². The fourth-order valence-electron chi connectivity index (χ4n) is 3.35. The molecule has 174 valence electrons. The van der Waals surface area contributed by atoms with Crippen molar-refractivity contribution in [1.82, 2.24) is 10.2 Å². The SMILES string of the molecule is CCOc1ccc(NS(=O)(=O)c2ccc(C(=O)NC[C@@H](c3ccccc3)N(C)C)cc2)cc1. The zero-order valence-corrected chi connectivity index (χ0v) is 19.8. The van der Waals surface area contributed by atoms with E-state index in [-0.39, 0.29) is 16.8 Å². The van der Waals surface area contributed by atoms with Crippen LogP contribution in [0.15, 0.2) is 83.8 Å². The number of hydrogen-bond acceptors (Lipinski definition) is 5. The van der Waals surface area contributed by atoms with Gasteiger partial charge in [0, 0.05) is 17.8 Å². The normalized spacial score (nSPS) is 12.2. The average molecular weight is 468 g/mol. The third-order valence-corrected chi connectivity index (χ3v) is 6.51. The predicted molar refractivity (Wildman–Crippen MR) is 130 cm³/mol. The third-order valence-electron chi connectivity index (χ3n) is 5.11. The molecule has 1 amide bonds. The minimum Gasteiger partial charge on any atom is -0.494 e. The molecule has 3 aromatic rings. The van der Waals surface area contributed by atoms with Crippen LogP contribution in [-0.2, 0) is 10.0 Å². The van der Waals surface area contributed by atoms with Crippen molar-refractivity contribution < 1.29 is 17.9 Å². The summed E-state index contributed by atoms with van der Waals surface area (Å²) in [6, 6.07) is 22.5. The molecule has 0 aliphatic heterocycles. The Hall–Kier alpha value is -3.36. The fraction of sp³-hybridized carbons (Fsp3) is 0.240. The Morgan fingerprint density at radius 1 is 0.939 bits per heavy atom. The first-order chi connectivity index (χ1) is 15.8. The minimum absolute atomic E-state index is 0.0214. The molecule has 7 nitrogen and oxygen atoms in total. The lowest BCUT2D eigenvalue weighted by Gasteiger charge is -2.25. The molecule has 0 aliphatic carbocycles. The van der Waals surface area contributed by atoms with E-state index in [4.69, 9.17) is 4.74 Å². The van der Waals surface area contributed by atoms with E-state index in [9.17, 15) is 13.2 Å². The maximum atomic E-state index is 12.7. The topological polar surface area (TPSA) is 87.7 Å². The van der Waals surface area contributed by atoms with Crippen molar-refractivity contribution in [2.75, 3.05) is 32.0 Å². The van der Waals surface area contributed by atoms with Gasteiger partial charge in [0.1, 0.15) is 5.75 Å². The van der Waals surface area contributed by atoms with E-state index in [1.165, 1.54) is 24.3 Å². The molecule has 0 saturated carbocycles. The number of amides is 1. The van der Waals surface area contributed by atoms with Gasteiger partial charge >= 0.3 is 0 Å². The van der Waals surface area contributed by atoms with Crippen molar-refractivity contribution >= 4 is 21.6 Å². The van der Waals surface area contributed by atoms with E-state index in [1.807, 2.05) is 56.3 Å². The number of anilines is 1. The molecule has 0 heterocycles. The van der Waals surface area contributed by atoms with E-state index >= 15 is 0 Å². The second-order valence-corrected chi connectivity index (χ2v) is 9.37. The van der Waals surface area contributed by atoms with Gasteiger partial charge in [0.2, 0.25) is 0 Å². The maximum absolute atomic E-state index is 12.7.